The Balaban J connectivity index is 2.87. The average Bonchev–Trinajstić information content (AvgIpc) is 2.21. The van der Waals surface area contributed by atoms with Gasteiger partial charge in [0.1, 0.15) is 0 Å². The molecule has 1 aliphatic carbocycles. The highest BCUT2D eigenvalue weighted by Gasteiger charge is 2.42. The zero-order valence-electron chi connectivity index (χ0n) is 9.54. The van der Waals surface area contributed by atoms with Crippen LogP contribution in [0.4, 0.5) is 0 Å². The summed E-state index contributed by atoms with van der Waals surface area (Å²) in [6.07, 6.45) is 6.38. The minimum absolute atomic E-state index is 0.0761. The summed E-state index contributed by atoms with van der Waals surface area (Å²) in [7, 11) is 1.47. The Morgan fingerprint density at radius 3 is 2.71 bits per heavy atom. The van der Waals surface area contributed by atoms with E-state index in [4.69, 9.17) is 4.74 Å². The molecule has 0 amide bonds. The quantitative estimate of drug-likeness (QED) is 0.501. The summed E-state index contributed by atoms with van der Waals surface area (Å²) in [5, 5.41) is 0. The standard InChI is InChI=1S/C12H20O2/c1-5-10-7-6-9(2)12(3,8-10)11(13)14-4/h6-7,9-10H,5,8H2,1-4H3. The lowest BCUT2D eigenvalue weighted by Gasteiger charge is -2.37. The molecule has 0 N–H and O–H groups in total. The fraction of sp³-hybridized carbons (Fsp3) is 0.750. The fourth-order valence-corrected chi connectivity index (χ4v) is 2.12. The average molecular weight is 196 g/mol. The first-order chi connectivity index (χ1) is 6.54. The molecule has 0 bridgehead atoms. The number of carbonyl (C=O) groups is 1. The van der Waals surface area contributed by atoms with Crippen molar-refractivity contribution in [3.8, 4) is 0 Å². The van der Waals surface area contributed by atoms with E-state index in [0.29, 0.717) is 5.92 Å². The van der Waals surface area contributed by atoms with Crippen LogP contribution in [0.25, 0.3) is 0 Å². The highest BCUT2D eigenvalue weighted by molar-refractivity contribution is 5.77. The van der Waals surface area contributed by atoms with Gasteiger partial charge in [0.05, 0.1) is 12.5 Å². The molecule has 14 heavy (non-hydrogen) atoms. The van der Waals surface area contributed by atoms with E-state index in [1.165, 1.54) is 7.11 Å². The highest BCUT2D eigenvalue weighted by Crippen LogP contribution is 2.41. The first kappa shape index (κ1) is 11.3. The van der Waals surface area contributed by atoms with Crippen molar-refractivity contribution in [1.29, 1.82) is 0 Å². The molecule has 0 aromatic rings. The Bertz CT molecular complexity index is 245. The van der Waals surface area contributed by atoms with Crippen molar-refractivity contribution in [3.63, 3.8) is 0 Å². The van der Waals surface area contributed by atoms with Gasteiger partial charge in [-0.15, -0.1) is 0 Å². The minimum Gasteiger partial charge on any atom is -0.469 e. The number of ether oxygens (including phenoxy) is 1. The van der Waals surface area contributed by atoms with Crippen LogP contribution in [0.5, 0.6) is 0 Å². The summed E-state index contributed by atoms with van der Waals surface area (Å²) < 4.78 is 4.88. The Labute approximate surface area is 86.3 Å². The SMILES string of the molecule is CCC1C=CC(C)C(C)(C(=O)OC)C1. The first-order valence-electron chi connectivity index (χ1n) is 5.31. The topological polar surface area (TPSA) is 26.3 Å². The summed E-state index contributed by atoms with van der Waals surface area (Å²) in [4.78, 5) is 11.7. The molecular weight excluding hydrogens is 176 g/mol. The lowest BCUT2D eigenvalue weighted by Crippen LogP contribution is -2.38. The third-order valence-corrected chi connectivity index (χ3v) is 3.54. The van der Waals surface area contributed by atoms with Gasteiger partial charge in [-0.3, -0.25) is 4.79 Å². The van der Waals surface area contributed by atoms with Crippen LogP contribution in [0.15, 0.2) is 12.2 Å². The van der Waals surface area contributed by atoms with Crippen LogP contribution < -0.4 is 0 Å². The second-order valence-corrected chi connectivity index (χ2v) is 4.46. The van der Waals surface area contributed by atoms with Crippen LogP contribution in [0.3, 0.4) is 0 Å². The molecule has 0 aliphatic heterocycles. The fourth-order valence-electron chi connectivity index (χ4n) is 2.12. The normalized spacial score (nSPS) is 36.9. The maximum atomic E-state index is 11.7. The largest absolute Gasteiger partial charge is 0.469 e. The van der Waals surface area contributed by atoms with E-state index in [2.05, 4.69) is 26.0 Å². The summed E-state index contributed by atoms with van der Waals surface area (Å²) >= 11 is 0. The number of carbonyl (C=O) groups excluding carboxylic acids is 1. The maximum absolute atomic E-state index is 11.7. The summed E-state index contributed by atoms with van der Waals surface area (Å²) in [6.45, 7) is 6.25. The Hall–Kier alpha value is -0.790. The molecule has 80 valence electrons. The number of methoxy groups -OCH3 is 1. The van der Waals surface area contributed by atoms with E-state index >= 15 is 0 Å². The molecule has 0 saturated heterocycles. The van der Waals surface area contributed by atoms with Crippen molar-refractivity contribution in [3.05, 3.63) is 12.2 Å². The molecule has 0 aromatic heterocycles. The van der Waals surface area contributed by atoms with Gasteiger partial charge in [0.2, 0.25) is 0 Å². The van der Waals surface area contributed by atoms with Gasteiger partial charge >= 0.3 is 5.97 Å². The van der Waals surface area contributed by atoms with Crippen LogP contribution in [0.2, 0.25) is 0 Å². The van der Waals surface area contributed by atoms with Gasteiger partial charge in [0, 0.05) is 0 Å². The molecule has 0 fully saturated rings. The second kappa shape index (κ2) is 4.16. The van der Waals surface area contributed by atoms with Crippen molar-refractivity contribution in [1.82, 2.24) is 0 Å². The molecule has 1 rings (SSSR count). The molecular formula is C12H20O2. The number of hydrogen-bond acceptors (Lipinski definition) is 2. The zero-order valence-corrected chi connectivity index (χ0v) is 9.54. The van der Waals surface area contributed by atoms with Gasteiger partial charge in [-0.05, 0) is 31.6 Å². The van der Waals surface area contributed by atoms with Gasteiger partial charge in [0.15, 0.2) is 0 Å². The number of allylic oxidation sites excluding steroid dienone is 2. The zero-order chi connectivity index (χ0) is 10.8. The summed E-state index contributed by atoms with van der Waals surface area (Å²) in [5.74, 6) is 0.723. The van der Waals surface area contributed by atoms with E-state index in [9.17, 15) is 4.79 Å². The number of hydrogen-bond donors (Lipinski definition) is 0. The molecule has 0 spiro atoms. The predicted octanol–water partition coefficient (Wildman–Crippen LogP) is 2.79. The molecule has 0 heterocycles. The monoisotopic (exact) mass is 196 g/mol. The molecule has 0 saturated carbocycles. The van der Waals surface area contributed by atoms with E-state index < -0.39 is 0 Å². The second-order valence-electron chi connectivity index (χ2n) is 4.46. The van der Waals surface area contributed by atoms with E-state index in [1.807, 2.05) is 6.92 Å². The van der Waals surface area contributed by atoms with Crippen molar-refractivity contribution in [2.75, 3.05) is 7.11 Å². The Kier molecular flexibility index (Phi) is 3.35. The minimum atomic E-state index is -0.329. The van der Waals surface area contributed by atoms with Crippen LogP contribution in [-0.2, 0) is 9.53 Å². The Morgan fingerprint density at radius 2 is 2.21 bits per heavy atom. The van der Waals surface area contributed by atoms with Crippen molar-refractivity contribution in [2.45, 2.75) is 33.6 Å². The van der Waals surface area contributed by atoms with Gasteiger partial charge < -0.3 is 4.74 Å². The molecule has 1 aliphatic rings. The van der Waals surface area contributed by atoms with Gasteiger partial charge in [0.25, 0.3) is 0 Å². The number of esters is 1. The summed E-state index contributed by atoms with van der Waals surface area (Å²) in [5.41, 5.74) is -0.329. The van der Waals surface area contributed by atoms with E-state index in [1.54, 1.807) is 0 Å². The Morgan fingerprint density at radius 1 is 1.57 bits per heavy atom. The van der Waals surface area contributed by atoms with Gasteiger partial charge in [-0.25, -0.2) is 0 Å². The van der Waals surface area contributed by atoms with Crippen LogP contribution in [-0.4, -0.2) is 13.1 Å². The van der Waals surface area contributed by atoms with Crippen molar-refractivity contribution < 1.29 is 9.53 Å². The van der Waals surface area contributed by atoms with Gasteiger partial charge in [-0.2, -0.15) is 0 Å². The van der Waals surface area contributed by atoms with E-state index in [-0.39, 0.29) is 17.3 Å². The maximum Gasteiger partial charge on any atom is 0.312 e. The summed E-state index contributed by atoms with van der Waals surface area (Å²) in [6, 6.07) is 0. The third kappa shape index (κ3) is 1.84. The molecule has 3 atom stereocenters. The predicted molar refractivity (Wildman–Crippen MR) is 56.8 cm³/mol. The van der Waals surface area contributed by atoms with Gasteiger partial charge in [-0.1, -0.05) is 26.0 Å². The van der Waals surface area contributed by atoms with Crippen LogP contribution in [0.1, 0.15) is 33.6 Å². The third-order valence-electron chi connectivity index (χ3n) is 3.54. The smallest absolute Gasteiger partial charge is 0.312 e. The number of rotatable bonds is 2. The molecule has 2 nitrogen and oxygen atoms in total. The molecule has 3 unspecified atom stereocenters. The lowest BCUT2D eigenvalue weighted by atomic mass is 9.67. The molecule has 0 radical (unpaired) electrons. The first-order valence-corrected chi connectivity index (χ1v) is 5.31. The highest BCUT2D eigenvalue weighted by atomic mass is 16.5. The van der Waals surface area contributed by atoms with Crippen LogP contribution in [0, 0.1) is 17.3 Å². The van der Waals surface area contributed by atoms with Crippen molar-refractivity contribution in [2.24, 2.45) is 17.3 Å². The van der Waals surface area contributed by atoms with Crippen LogP contribution >= 0.6 is 0 Å². The molecule has 2 heteroatoms. The van der Waals surface area contributed by atoms with E-state index in [0.717, 1.165) is 12.8 Å². The lowest BCUT2D eigenvalue weighted by molar-refractivity contribution is -0.155. The van der Waals surface area contributed by atoms with Crippen molar-refractivity contribution >= 4 is 5.97 Å². The molecule has 0 aromatic carbocycles.